The van der Waals surface area contributed by atoms with Crippen LogP contribution in [0.3, 0.4) is 0 Å². The van der Waals surface area contributed by atoms with E-state index in [0.29, 0.717) is 12.5 Å². The van der Waals surface area contributed by atoms with Gasteiger partial charge >= 0.3 is 5.77 Å². The smallest absolute Gasteiger partial charge is 0.313 e. The van der Waals surface area contributed by atoms with Gasteiger partial charge < -0.3 is 4.52 Å². The van der Waals surface area contributed by atoms with Crippen molar-refractivity contribution in [1.82, 2.24) is 0 Å². The van der Waals surface area contributed by atoms with E-state index in [0.717, 1.165) is 17.1 Å². The fourth-order valence-corrected chi connectivity index (χ4v) is 8.60. The van der Waals surface area contributed by atoms with Crippen molar-refractivity contribution in [3.8, 4) is 0 Å². The Hall–Kier alpha value is 0.733. The van der Waals surface area contributed by atoms with Gasteiger partial charge in [0.25, 0.3) is 0 Å². The summed E-state index contributed by atoms with van der Waals surface area (Å²) in [5, 5.41) is 0. The van der Waals surface area contributed by atoms with E-state index < -0.39 is 5.77 Å². The first kappa shape index (κ1) is 23.7. The molecule has 1 aromatic carbocycles. The van der Waals surface area contributed by atoms with Crippen LogP contribution in [0.1, 0.15) is 52.9 Å². The summed E-state index contributed by atoms with van der Waals surface area (Å²) in [5.41, 5.74) is 0. The molecule has 1 unspecified atom stereocenters. The summed E-state index contributed by atoms with van der Waals surface area (Å²) in [6.07, 6.45) is 6.17. The van der Waals surface area contributed by atoms with Crippen LogP contribution in [0.2, 0.25) is 0 Å². The predicted octanol–water partition coefficient (Wildman–Crippen LogP) is 7.26. The van der Waals surface area contributed by atoms with Crippen molar-refractivity contribution in [3.63, 3.8) is 0 Å². The Balaban J connectivity index is 0.00000484. The zero-order valence-electron chi connectivity index (χ0n) is 14.7. The van der Waals surface area contributed by atoms with Gasteiger partial charge in [-0.2, -0.15) is 0 Å². The van der Waals surface area contributed by atoms with E-state index >= 15 is 0 Å². The van der Waals surface area contributed by atoms with Crippen molar-refractivity contribution in [1.29, 1.82) is 0 Å². The third-order valence-electron chi connectivity index (χ3n) is 3.02. The molecule has 23 heavy (non-hydrogen) atoms. The first-order valence-corrected chi connectivity index (χ1v) is 12.8. The molecule has 0 aliphatic rings. The van der Waals surface area contributed by atoms with Crippen LogP contribution >= 0.6 is 28.5 Å². The normalized spacial score (nSPS) is 13.6. The van der Waals surface area contributed by atoms with Crippen molar-refractivity contribution in [3.05, 3.63) is 30.3 Å². The fraction of sp³-hybridized carbons (Fsp3) is 0.647. The molecule has 0 N–H and O–H groups in total. The van der Waals surface area contributed by atoms with Gasteiger partial charge in [-0.1, -0.05) is 76.0 Å². The summed E-state index contributed by atoms with van der Waals surface area (Å²) in [7, 11) is 0. The van der Waals surface area contributed by atoms with Crippen molar-refractivity contribution in [2.45, 2.75) is 57.8 Å². The number of hydrogen-bond acceptors (Lipinski definition) is 4. The second kappa shape index (κ2) is 14.0. The summed E-state index contributed by atoms with van der Waals surface area (Å²) >= 11 is 2.91. The van der Waals surface area contributed by atoms with Crippen molar-refractivity contribution in [2.75, 3.05) is 12.4 Å². The van der Waals surface area contributed by atoms with Gasteiger partial charge in [-0.05, 0) is 35.9 Å². The molecule has 0 bridgehead atoms. The first-order valence-electron chi connectivity index (χ1n) is 8.19. The summed E-state index contributed by atoms with van der Waals surface area (Å²) in [5.74, 6) is -1.40. The third kappa shape index (κ3) is 11.8. The molecule has 6 heteroatoms. The molecule has 0 saturated carbocycles. The Morgan fingerprint density at radius 2 is 1.74 bits per heavy atom. The Labute approximate surface area is 163 Å². The maximum absolute atomic E-state index is 13.1. The monoisotopic (exact) mass is 424 g/mol. The Morgan fingerprint density at radius 3 is 2.35 bits per heavy atom. The summed E-state index contributed by atoms with van der Waals surface area (Å²) in [6, 6.07) is 9.93. The molecule has 0 saturated heterocycles. The van der Waals surface area contributed by atoms with Crippen molar-refractivity contribution in [2.24, 2.45) is 5.92 Å². The van der Waals surface area contributed by atoms with Crippen LogP contribution in [0, 0.1) is 5.92 Å². The topological polar surface area (TPSA) is 26.3 Å². The molecule has 2 nitrogen and oxygen atoms in total. The minimum Gasteiger partial charge on any atom is -0.313 e. The average molecular weight is 426 g/mol. The van der Waals surface area contributed by atoms with E-state index in [1.807, 2.05) is 30.3 Å². The van der Waals surface area contributed by atoms with Gasteiger partial charge in [-0.25, -0.2) is 0 Å². The second-order valence-corrected chi connectivity index (χ2v) is 13.2. The standard InChI is InChI=1S/C17H29O2PS2.Zn/c1-4-5-6-7-11-14-21-20(18,19-15-16(2)3)22-17-12-9-8-10-13-17;/h8-10,12-13,16H,4-7,11,14-15H2,1-3H3;. The zero-order valence-corrected chi connectivity index (χ0v) is 20.2. The van der Waals surface area contributed by atoms with Gasteiger partial charge in [0.05, 0.1) is 6.61 Å². The molecule has 0 aromatic heterocycles. The summed E-state index contributed by atoms with van der Waals surface area (Å²) in [6.45, 7) is 6.96. The van der Waals surface area contributed by atoms with Crippen LogP contribution in [0.4, 0.5) is 0 Å². The zero-order chi connectivity index (χ0) is 16.3. The van der Waals surface area contributed by atoms with Crippen LogP contribution < -0.4 is 0 Å². The fourth-order valence-electron chi connectivity index (χ4n) is 1.82. The van der Waals surface area contributed by atoms with Gasteiger partial charge in [0.1, 0.15) is 0 Å². The maximum Gasteiger partial charge on any atom is 0.317 e. The largest absolute Gasteiger partial charge is 0.317 e. The molecule has 128 valence electrons. The number of rotatable bonds is 12. The minimum absolute atomic E-state index is 0. The van der Waals surface area contributed by atoms with Crippen LogP contribution in [0.5, 0.6) is 0 Å². The van der Waals surface area contributed by atoms with Crippen molar-refractivity contribution < 1.29 is 28.6 Å². The average Bonchev–Trinajstić information content (AvgIpc) is 2.50. The molecule has 0 radical (unpaired) electrons. The predicted molar refractivity (Wildman–Crippen MR) is 102 cm³/mol. The maximum atomic E-state index is 13.1. The third-order valence-corrected chi connectivity index (χ3v) is 10.0. The number of benzene rings is 1. The van der Waals surface area contributed by atoms with Crippen LogP contribution in [0.25, 0.3) is 0 Å². The van der Waals surface area contributed by atoms with Gasteiger partial charge in [-0.3, -0.25) is 4.57 Å². The molecule has 1 rings (SSSR count). The molecule has 1 aromatic rings. The van der Waals surface area contributed by atoms with Gasteiger partial charge in [0.2, 0.25) is 0 Å². The summed E-state index contributed by atoms with van der Waals surface area (Å²) in [4.78, 5) is 1.02. The summed E-state index contributed by atoms with van der Waals surface area (Å²) < 4.78 is 18.9. The molecular weight excluding hydrogens is 397 g/mol. The minimum atomic E-state index is -2.72. The van der Waals surface area contributed by atoms with E-state index in [1.165, 1.54) is 48.4 Å². The Bertz CT molecular complexity index is 443. The molecule has 0 fully saturated rings. The van der Waals surface area contributed by atoms with Crippen LogP contribution in [-0.2, 0) is 28.6 Å². The van der Waals surface area contributed by atoms with Crippen molar-refractivity contribution >= 4 is 28.5 Å². The van der Waals surface area contributed by atoms with E-state index in [9.17, 15) is 4.57 Å². The van der Waals surface area contributed by atoms with Gasteiger partial charge in [-0.15, -0.1) is 0 Å². The van der Waals surface area contributed by atoms with Gasteiger partial charge in [0.15, 0.2) is 0 Å². The van der Waals surface area contributed by atoms with E-state index in [1.54, 1.807) is 0 Å². The molecule has 0 aliphatic carbocycles. The van der Waals surface area contributed by atoms with Crippen LogP contribution in [0.15, 0.2) is 35.2 Å². The van der Waals surface area contributed by atoms with E-state index in [2.05, 4.69) is 20.8 Å². The molecule has 0 amide bonds. The number of hydrogen-bond donors (Lipinski definition) is 0. The van der Waals surface area contributed by atoms with Gasteiger partial charge in [0, 0.05) is 30.1 Å². The Kier molecular flexibility index (Phi) is 14.4. The molecular formula is C17H29O2PS2Zn. The molecule has 0 spiro atoms. The molecule has 1 atom stereocenters. The first-order chi connectivity index (χ1) is 10.6. The SMILES string of the molecule is CCCCCCCSP(=O)(OCC(C)C)Sc1ccccc1.[Zn]. The van der Waals surface area contributed by atoms with E-state index in [-0.39, 0.29) is 19.5 Å². The quantitative estimate of drug-likeness (QED) is 0.200. The molecule has 0 heterocycles. The number of unbranched alkanes of at least 4 members (excludes halogenated alkanes) is 4. The Morgan fingerprint density at radius 1 is 1.09 bits per heavy atom. The molecule has 0 aliphatic heterocycles. The van der Waals surface area contributed by atoms with E-state index in [4.69, 9.17) is 4.52 Å². The van der Waals surface area contributed by atoms with Crippen LogP contribution in [-0.4, -0.2) is 12.4 Å². The second-order valence-electron chi connectivity index (χ2n) is 5.79.